The Labute approximate surface area is 148 Å². The minimum atomic E-state index is -0.153. The maximum atomic E-state index is 7.64. The summed E-state index contributed by atoms with van der Waals surface area (Å²) in [6.07, 6.45) is 9.48. The molecular weight excluding hydrogens is 368 g/mol. The number of ether oxygens (including phenoxy) is 5. The standard InChI is InChI=1S/C8H14O3.C5H11BrO2.C3H4O/c1-3-4-10-7-8-11-6-5-9-2;1-7-4-5-8-3-2-6;1-2-3-4/h1H,4-8H2,2H3;2-5H2,1H3;1,4H,3H2. The Hall–Kier alpha value is -0.640. The van der Waals surface area contributed by atoms with Crippen LogP contribution in [0.4, 0.5) is 0 Å². The maximum absolute atomic E-state index is 7.64. The fraction of sp³-hybridized carbons (Fsp3) is 0.750. The molecule has 0 bridgehead atoms. The second kappa shape index (κ2) is 33.1. The number of aliphatic hydroxyl groups excluding tert-OH is 1. The average molecular weight is 397 g/mol. The highest BCUT2D eigenvalue weighted by Crippen LogP contribution is 1.81. The van der Waals surface area contributed by atoms with Crippen LogP contribution in [0.2, 0.25) is 0 Å². The van der Waals surface area contributed by atoms with Crippen molar-refractivity contribution < 1.29 is 28.8 Å². The third kappa shape index (κ3) is 44.9. The van der Waals surface area contributed by atoms with Crippen LogP contribution in [-0.4, -0.2) is 84.1 Å². The molecular formula is C16H29BrO6. The first-order chi connectivity index (χ1) is 11.2. The zero-order valence-corrected chi connectivity index (χ0v) is 15.7. The van der Waals surface area contributed by atoms with Gasteiger partial charge in [0, 0.05) is 19.5 Å². The van der Waals surface area contributed by atoms with E-state index in [9.17, 15) is 0 Å². The second-order valence-corrected chi connectivity index (χ2v) is 4.31. The normalized spacial score (nSPS) is 8.78. The van der Waals surface area contributed by atoms with Crippen LogP contribution in [0.1, 0.15) is 0 Å². The smallest absolute Gasteiger partial charge is 0.107 e. The Morgan fingerprint density at radius 2 is 1.22 bits per heavy atom. The van der Waals surface area contributed by atoms with E-state index in [1.165, 1.54) is 0 Å². The zero-order valence-electron chi connectivity index (χ0n) is 14.1. The molecule has 0 aromatic rings. The van der Waals surface area contributed by atoms with E-state index in [0.717, 1.165) is 11.9 Å². The predicted molar refractivity (Wildman–Crippen MR) is 94.8 cm³/mol. The molecule has 7 heteroatoms. The van der Waals surface area contributed by atoms with Crippen LogP contribution in [0.3, 0.4) is 0 Å². The number of methoxy groups -OCH3 is 2. The average Bonchev–Trinajstić information content (AvgIpc) is 2.59. The SMILES string of the molecule is C#CCO.C#CCOCCOCCOC.COCCOCCBr. The molecule has 6 nitrogen and oxygen atoms in total. The van der Waals surface area contributed by atoms with Crippen LogP contribution < -0.4 is 0 Å². The van der Waals surface area contributed by atoms with E-state index in [-0.39, 0.29) is 6.61 Å². The minimum Gasteiger partial charge on any atom is -0.384 e. The molecule has 0 aromatic heterocycles. The highest BCUT2D eigenvalue weighted by atomic mass is 79.9. The summed E-state index contributed by atoms with van der Waals surface area (Å²) in [5, 5.41) is 8.54. The molecule has 0 heterocycles. The summed E-state index contributed by atoms with van der Waals surface area (Å²) in [4.78, 5) is 0. The number of hydrogen-bond donors (Lipinski definition) is 1. The van der Waals surface area contributed by atoms with Gasteiger partial charge in [0.2, 0.25) is 0 Å². The summed E-state index contributed by atoms with van der Waals surface area (Å²) < 4.78 is 24.6. The van der Waals surface area contributed by atoms with Crippen molar-refractivity contribution in [3.05, 3.63) is 0 Å². The Kier molecular flexibility index (Phi) is 39.1. The number of aliphatic hydroxyl groups is 1. The summed E-state index contributed by atoms with van der Waals surface area (Å²) >= 11 is 3.24. The molecule has 136 valence electrons. The number of rotatable bonds is 12. The third-order valence-electron chi connectivity index (χ3n) is 1.73. The molecule has 0 amide bonds. The molecule has 0 unspecified atom stereocenters. The van der Waals surface area contributed by atoms with Crippen molar-refractivity contribution in [1.82, 2.24) is 0 Å². The van der Waals surface area contributed by atoms with Gasteiger partial charge in [0.15, 0.2) is 0 Å². The molecule has 0 fully saturated rings. The van der Waals surface area contributed by atoms with E-state index in [0.29, 0.717) is 46.2 Å². The van der Waals surface area contributed by atoms with Gasteiger partial charge in [-0.1, -0.05) is 27.8 Å². The van der Waals surface area contributed by atoms with Crippen molar-refractivity contribution in [2.24, 2.45) is 0 Å². The van der Waals surface area contributed by atoms with Crippen LogP contribution in [0.25, 0.3) is 0 Å². The van der Waals surface area contributed by atoms with Gasteiger partial charge in [-0.2, -0.15) is 0 Å². The van der Waals surface area contributed by atoms with Crippen molar-refractivity contribution in [1.29, 1.82) is 0 Å². The summed E-state index contributed by atoms with van der Waals surface area (Å²) in [5.74, 6) is 4.35. The van der Waals surface area contributed by atoms with E-state index in [1.807, 2.05) is 5.92 Å². The van der Waals surface area contributed by atoms with Crippen molar-refractivity contribution >= 4 is 15.9 Å². The lowest BCUT2D eigenvalue weighted by atomic mass is 10.7. The predicted octanol–water partition coefficient (Wildman–Crippen LogP) is 0.955. The Balaban J connectivity index is -0.000000292. The molecule has 0 atom stereocenters. The summed E-state index contributed by atoms with van der Waals surface area (Å²) in [6, 6.07) is 0. The highest BCUT2D eigenvalue weighted by molar-refractivity contribution is 9.09. The fourth-order valence-corrected chi connectivity index (χ4v) is 1.02. The largest absolute Gasteiger partial charge is 0.384 e. The van der Waals surface area contributed by atoms with Crippen LogP contribution in [0, 0.1) is 24.7 Å². The molecule has 0 saturated heterocycles. The highest BCUT2D eigenvalue weighted by Gasteiger charge is 1.87. The molecule has 0 aliphatic rings. The third-order valence-corrected chi connectivity index (χ3v) is 2.06. The topological polar surface area (TPSA) is 66.4 Å². The first kappa shape index (κ1) is 27.2. The number of alkyl halides is 1. The van der Waals surface area contributed by atoms with Gasteiger partial charge in [0.1, 0.15) is 13.2 Å². The van der Waals surface area contributed by atoms with Crippen LogP contribution in [0.5, 0.6) is 0 Å². The molecule has 0 radical (unpaired) electrons. The number of halogens is 1. The molecule has 0 aliphatic carbocycles. The van der Waals surface area contributed by atoms with E-state index < -0.39 is 0 Å². The van der Waals surface area contributed by atoms with Crippen molar-refractivity contribution in [3.8, 4) is 24.7 Å². The minimum absolute atomic E-state index is 0.153. The molecule has 0 rings (SSSR count). The van der Waals surface area contributed by atoms with Crippen molar-refractivity contribution in [3.63, 3.8) is 0 Å². The first-order valence-electron chi connectivity index (χ1n) is 6.99. The van der Waals surface area contributed by atoms with Crippen molar-refractivity contribution in [2.75, 3.05) is 79.0 Å². The molecule has 0 spiro atoms. The lowest BCUT2D eigenvalue weighted by Crippen LogP contribution is -2.08. The van der Waals surface area contributed by atoms with Crippen LogP contribution in [-0.2, 0) is 23.7 Å². The molecule has 0 saturated carbocycles. The Bertz CT molecular complexity index is 256. The van der Waals surface area contributed by atoms with E-state index >= 15 is 0 Å². The Morgan fingerprint density at radius 1 is 0.783 bits per heavy atom. The number of terminal acetylenes is 2. The summed E-state index contributed by atoms with van der Waals surface area (Å²) in [6.45, 7) is 4.70. The van der Waals surface area contributed by atoms with Gasteiger partial charge >= 0.3 is 0 Å². The maximum Gasteiger partial charge on any atom is 0.107 e. The van der Waals surface area contributed by atoms with Gasteiger partial charge in [-0.25, -0.2) is 0 Å². The summed E-state index contributed by atoms with van der Waals surface area (Å²) in [7, 11) is 3.30. The van der Waals surface area contributed by atoms with Crippen LogP contribution >= 0.6 is 15.9 Å². The molecule has 1 N–H and O–H groups in total. The lowest BCUT2D eigenvalue weighted by Gasteiger charge is -2.02. The van der Waals surface area contributed by atoms with Gasteiger partial charge in [-0.15, -0.1) is 12.8 Å². The van der Waals surface area contributed by atoms with E-state index in [4.69, 9.17) is 35.2 Å². The van der Waals surface area contributed by atoms with Crippen molar-refractivity contribution in [2.45, 2.75) is 0 Å². The van der Waals surface area contributed by atoms with Crippen LogP contribution in [0.15, 0.2) is 0 Å². The first-order valence-corrected chi connectivity index (χ1v) is 8.12. The second-order valence-electron chi connectivity index (χ2n) is 3.52. The van der Waals surface area contributed by atoms with Gasteiger partial charge in [-0.3, -0.25) is 0 Å². The number of hydrogen-bond acceptors (Lipinski definition) is 6. The van der Waals surface area contributed by atoms with Gasteiger partial charge < -0.3 is 28.8 Å². The quantitative estimate of drug-likeness (QED) is 0.301. The summed E-state index contributed by atoms with van der Waals surface area (Å²) in [5.41, 5.74) is 0. The van der Waals surface area contributed by atoms with Gasteiger partial charge in [0.05, 0.1) is 46.2 Å². The zero-order chi connectivity index (χ0) is 18.0. The molecule has 23 heavy (non-hydrogen) atoms. The lowest BCUT2D eigenvalue weighted by molar-refractivity contribution is 0.0324. The van der Waals surface area contributed by atoms with E-state index in [1.54, 1.807) is 14.2 Å². The Morgan fingerprint density at radius 3 is 1.61 bits per heavy atom. The monoisotopic (exact) mass is 396 g/mol. The van der Waals surface area contributed by atoms with Gasteiger partial charge in [0.25, 0.3) is 0 Å². The molecule has 0 aliphatic heterocycles. The fourth-order valence-electron chi connectivity index (χ4n) is 0.792. The van der Waals surface area contributed by atoms with E-state index in [2.05, 4.69) is 28.3 Å². The van der Waals surface area contributed by atoms with Gasteiger partial charge in [-0.05, 0) is 0 Å². The molecule has 0 aromatic carbocycles.